The predicted molar refractivity (Wildman–Crippen MR) is 102 cm³/mol. The zero-order valence-corrected chi connectivity index (χ0v) is 15.7. The number of ketones is 1. The van der Waals surface area contributed by atoms with Gasteiger partial charge in [-0.25, -0.2) is 0 Å². The van der Waals surface area contributed by atoms with E-state index in [1.54, 1.807) is 0 Å². The summed E-state index contributed by atoms with van der Waals surface area (Å²) in [7, 11) is 0. The van der Waals surface area contributed by atoms with E-state index in [-0.39, 0.29) is 10.8 Å². The molecule has 3 aliphatic rings. The van der Waals surface area contributed by atoms with E-state index in [4.69, 9.17) is 0 Å². The Labute approximate surface area is 154 Å². The fourth-order valence-corrected chi connectivity index (χ4v) is 5.59. The minimum Gasteiger partial charge on any atom is -0.342 e. The number of Topliss-reactive ketones (excluding diaryl/α,β-unsaturated/α-hetero) is 1. The molecule has 2 aliphatic carbocycles. The number of nitrogens with one attached hydrogen (secondary N) is 2. The second-order valence-corrected chi connectivity index (χ2v) is 8.91. The zero-order chi connectivity index (χ0) is 18.1. The Balaban J connectivity index is 1.87. The summed E-state index contributed by atoms with van der Waals surface area (Å²) in [6, 6.07) is 8.68. The van der Waals surface area contributed by atoms with Crippen molar-refractivity contribution >= 4 is 11.6 Å². The van der Waals surface area contributed by atoms with Crippen LogP contribution in [0.5, 0.6) is 0 Å². The number of aromatic nitrogens is 2. The number of nitrogens with zero attached hydrogens (tertiary/aromatic N) is 1. The molecule has 2 N–H and O–H groups in total. The van der Waals surface area contributed by atoms with Crippen molar-refractivity contribution in [1.82, 2.24) is 10.2 Å². The second kappa shape index (κ2) is 5.09. The highest BCUT2D eigenvalue weighted by Gasteiger charge is 2.53. The summed E-state index contributed by atoms with van der Waals surface area (Å²) >= 11 is 0. The number of hydrogen-bond acceptors (Lipinski definition) is 3. The third-order valence-corrected chi connectivity index (χ3v) is 6.42. The molecule has 134 valence electrons. The first-order valence-electron chi connectivity index (χ1n) is 9.60. The summed E-state index contributed by atoms with van der Waals surface area (Å²) in [5, 5.41) is 11.3. The first-order valence-corrected chi connectivity index (χ1v) is 9.60. The van der Waals surface area contributed by atoms with Crippen LogP contribution in [0.1, 0.15) is 61.9 Å². The van der Waals surface area contributed by atoms with Crippen LogP contribution in [-0.2, 0) is 16.6 Å². The summed E-state index contributed by atoms with van der Waals surface area (Å²) in [5.74, 6) is 1.20. The fourth-order valence-electron chi connectivity index (χ4n) is 5.59. The molecule has 0 bridgehead atoms. The maximum absolute atomic E-state index is 13.4. The minimum atomic E-state index is -0.352. The average molecular weight is 347 g/mol. The molecule has 1 atom stereocenters. The molecule has 4 heteroatoms. The van der Waals surface area contributed by atoms with Crippen molar-refractivity contribution in [1.29, 1.82) is 0 Å². The molecule has 0 radical (unpaired) electrons. The standard InChI is InChI=1S/C22H25N3O/c1-13-18-20(25-24-13)23-16-11-21(2,3)12-17(26)19(16)22(18)10-6-8-14-7-4-5-9-15(14)22/h4-5,7,9H,6,8,10-12H2,1-3H3,(H2,23,24,25). The molecule has 0 saturated heterocycles. The molecule has 4 nitrogen and oxygen atoms in total. The van der Waals surface area contributed by atoms with Crippen LogP contribution in [0.4, 0.5) is 5.82 Å². The van der Waals surface area contributed by atoms with Gasteiger partial charge in [-0.05, 0) is 49.1 Å². The number of H-pyrrole nitrogens is 1. The monoisotopic (exact) mass is 347 g/mol. The van der Waals surface area contributed by atoms with Crippen molar-refractivity contribution in [3.05, 3.63) is 57.9 Å². The van der Waals surface area contributed by atoms with Gasteiger partial charge in [0.2, 0.25) is 0 Å². The van der Waals surface area contributed by atoms with E-state index in [0.717, 1.165) is 48.5 Å². The number of aromatic amines is 1. The molecule has 26 heavy (non-hydrogen) atoms. The number of anilines is 1. The Morgan fingerprint density at radius 2 is 1.96 bits per heavy atom. The van der Waals surface area contributed by atoms with Crippen molar-refractivity contribution in [2.75, 3.05) is 5.32 Å². The van der Waals surface area contributed by atoms with E-state index in [1.165, 1.54) is 16.7 Å². The van der Waals surface area contributed by atoms with E-state index in [9.17, 15) is 4.79 Å². The highest BCUT2D eigenvalue weighted by molar-refractivity contribution is 6.03. The Morgan fingerprint density at radius 3 is 2.81 bits per heavy atom. The number of carbonyl (C=O) groups excluding carboxylic acids is 1. The molecule has 0 amide bonds. The van der Waals surface area contributed by atoms with Gasteiger partial charge in [-0.15, -0.1) is 0 Å². The quantitative estimate of drug-likeness (QED) is 0.742. The van der Waals surface area contributed by atoms with Crippen molar-refractivity contribution < 1.29 is 4.79 Å². The van der Waals surface area contributed by atoms with Crippen molar-refractivity contribution in [3.63, 3.8) is 0 Å². The minimum absolute atomic E-state index is 0.0128. The number of benzene rings is 1. The summed E-state index contributed by atoms with van der Waals surface area (Å²) in [5.41, 5.74) is 6.64. The number of allylic oxidation sites excluding steroid dienone is 2. The number of aryl methyl sites for hydroxylation is 2. The van der Waals surface area contributed by atoms with Gasteiger partial charge in [-0.2, -0.15) is 5.10 Å². The summed E-state index contributed by atoms with van der Waals surface area (Å²) in [6.45, 7) is 6.45. The van der Waals surface area contributed by atoms with Gasteiger partial charge in [-0.1, -0.05) is 38.1 Å². The summed E-state index contributed by atoms with van der Waals surface area (Å²) in [4.78, 5) is 13.4. The van der Waals surface area contributed by atoms with Gasteiger partial charge >= 0.3 is 0 Å². The van der Waals surface area contributed by atoms with E-state index in [0.29, 0.717) is 12.2 Å². The molecule has 0 saturated carbocycles. The van der Waals surface area contributed by atoms with E-state index in [2.05, 4.69) is 60.6 Å². The molecule has 5 rings (SSSR count). The average Bonchev–Trinajstić information content (AvgIpc) is 2.95. The van der Waals surface area contributed by atoms with E-state index in [1.807, 2.05) is 0 Å². The molecule has 1 unspecified atom stereocenters. The molecular weight excluding hydrogens is 322 g/mol. The third kappa shape index (κ3) is 1.96. The zero-order valence-electron chi connectivity index (χ0n) is 15.7. The van der Waals surface area contributed by atoms with Gasteiger partial charge in [0.25, 0.3) is 0 Å². The maximum atomic E-state index is 13.4. The van der Waals surface area contributed by atoms with Crippen molar-refractivity contribution in [2.24, 2.45) is 5.41 Å². The van der Waals surface area contributed by atoms with Gasteiger partial charge in [0, 0.05) is 28.9 Å². The lowest BCUT2D eigenvalue weighted by Crippen LogP contribution is -2.45. The van der Waals surface area contributed by atoms with E-state index >= 15 is 0 Å². The van der Waals surface area contributed by atoms with Crippen LogP contribution in [-0.4, -0.2) is 16.0 Å². The summed E-state index contributed by atoms with van der Waals surface area (Å²) < 4.78 is 0. The molecule has 1 aromatic heterocycles. The number of carbonyl (C=O) groups is 1. The van der Waals surface area contributed by atoms with Crippen LogP contribution < -0.4 is 5.32 Å². The predicted octanol–water partition coefficient (Wildman–Crippen LogP) is 4.41. The van der Waals surface area contributed by atoms with Gasteiger partial charge in [0.15, 0.2) is 11.6 Å². The van der Waals surface area contributed by atoms with Crippen molar-refractivity contribution in [2.45, 2.75) is 58.3 Å². The van der Waals surface area contributed by atoms with Crippen LogP contribution in [0.15, 0.2) is 35.5 Å². The number of fused-ring (bicyclic) bond motifs is 5. The maximum Gasteiger partial charge on any atom is 0.162 e. The van der Waals surface area contributed by atoms with Crippen LogP contribution in [0, 0.1) is 12.3 Å². The second-order valence-electron chi connectivity index (χ2n) is 8.91. The largest absolute Gasteiger partial charge is 0.342 e. The number of rotatable bonds is 0. The van der Waals surface area contributed by atoms with Crippen LogP contribution >= 0.6 is 0 Å². The van der Waals surface area contributed by atoms with Crippen molar-refractivity contribution in [3.8, 4) is 0 Å². The van der Waals surface area contributed by atoms with Crippen LogP contribution in [0.2, 0.25) is 0 Å². The number of hydrogen-bond donors (Lipinski definition) is 2. The Hall–Kier alpha value is -2.36. The molecule has 0 fully saturated rings. The highest BCUT2D eigenvalue weighted by Crippen LogP contribution is 2.57. The summed E-state index contributed by atoms with van der Waals surface area (Å²) in [6.07, 6.45) is 4.66. The molecule has 1 aromatic carbocycles. The lowest BCUT2D eigenvalue weighted by atomic mass is 9.56. The third-order valence-electron chi connectivity index (χ3n) is 6.42. The van der Waals surface area contributed by atoms with Gasteiger partial charge in [-0.3, -0.25) is 9.89 Å². The normalized spacial score (nSPS) is 26.2. The lowest BCUT2D eigenvalue weighted by Gasteiger charge is -2.48. The Bertz CT molecular complexity index is 966. The molecular formula is C22H25N3O. The highest BCUT2D eigenvalue weighted by atomic mass is 16.1. The lowest BCUT2D eigenvalue weighted by molar-refractivity contribution is -0.118. The SMILES string of the molecule is Cc1[nH]nc2c1C1(CCCc3ccccc31)C1=C(CC(C)(C)CC1=O)N2. The molecule has 2 heterocycles. The molecule has 1 aliphatic heterocycles. The van der Waals surface area contributed by atoms with Gasteiger partial charge in [0.05, 0.1) is 5.41 Å². The van der Waals surface area contributed by atoms with Gasteiger partial charge in [0.1, 0.15) is 0 Å². The first kappa shape index (κ1) is 15.9. The molecule has 2 aromatic rings. The fraction of sp³-hybridized carbons (Fsp3) is 0.455. The van der Waals surface area contributed by atoms with E-state index < -0.39 is 0 Å². The van der Waals surface area contributed by atoms with Gasteiger partial charge < -0.3 is 5.32 Å². The van der Waals surface area contributed by atoms with Crippen LogP contribution in [0.3, 0.4) is 0 Å². The smallest absolute Gasteiger partial charge is 0.162 e. The first-order chi connectivity index (χ1) is 12.4. The Kier molecular flexibility index (Phi) is 3.10. The Morgan fingerprint density at radius 1 is 1.15 bits per heavy atom. The topological polar surface area (TPSA) is 57.8 Å². The molecule has 1 spiro atoms. The van der Waals surface area contributed by atoms with Crippen LogP contribution in [0.25, 0.3) is 0 Å².